The second kappa shape index (κ2) is 13.2. The normalized spacial score (nSPS) is 25.4. The first-order chi connectivity index (χ1) is 14.8. The van der Waals surface area contributed by atoms with Crippen LogP contribution in [0.5, 0.6) is 0 Å². The number of amides is 1. The molecule has 0 aliphatic carbocycles. The Hall–Kier alpha value is -0.810. The highest BCUT2D eigenvalue weighted by molar-refractivity contribution is 14.0. The fourth-order valence-corrected chi connectivity index (χ4v) is 4.84. The summed E-state index contributed by atoms with van der Waals surface area (Å²) in [7, 11) is 1.88. The van der Waals surface area contributed by atoms with Crippen LogP contribution in [0.3, 0.4) is 0 Å². The van der Waals surface area contributed by atoms with Crippen LogP contribution in [-0.4, -0.2) is 105 Å². The lowest BCUT2D eigenvalue weighted by atomic mass is 9.95. The van der Waals surface area contributed by atoms with Crippen LogP contribution in [0.15, 0.2) is 4.99 Å². The quantitative estimate of drug-likeness (QED) is 0.314. The zero-order valence-corrected chi connectivity index (χ0v) is 22.8. The van der Waals surface area contributed by atoms with Crippen molar-refractivity contribution < 1.29 is 14.3 Å². The number of ether oxygens (including phenoxy) is 2. The van der Waals surface area contributed by atoms with Crippen LogP contribution in [0.4, 0.5) is 4.79 Å². The van der Waals surface area contributed by atoms with Crippen molar-refractivity contribution in [1.82, 2.24) is 20.0 Å². The van der Waals surface area contributed by atoms with Crippen LogP contribution in [0.25, 0.3) is 0 Å². The number of carbonyl (C=O) groups excluding carboxylic acids is 1. The van der Waals surface area contributed by atoms with Gasteiger partial charge in [0.25, 0.3) is 0 Å². The third-order valence-corrected chi connectivity index (χ3v) is 6.42. The maximum atomic E-state index is 12.4. The molecule has 0 spiro atoms. The number of piperidine rings is 1. The molecule has 9 heteroatoms. The number of nitrogens with zero attached hydrogens (tertiary/aromatic N) is 4. The Morgan fingerprint density at radius 3 is 2.47 bits per heavy atom. The molecule has 3 aliphatic heterocycles. The number of morpholine rings is 1. The number of halogens is 1. The van der Waals surface area contributed by atoms with Gasteiger partial charge in [-0.15, -0.1) is 24.0 Å². The Morgan fingerprint density at radius 1 is 1.06 bits per heavy atom. The molecule has 32 heavy (non-hydrogen) atoms. The highest BCUT2D eigenvalue weighted by atomic mass is 127. The summed E-state index contributed by atoms with van der Waals surface area (Å²) in [5, 5.41) is 3.57. The van der Waals surface area contributed by atoms with Gasteiger partial charge in [0.1, 0.15) is 5.60 Å². The van der Waals surface area contributed by atoms with E-state index in [0.29, 0.717) is 11.8 Å². The van der Waals surface area contributed by atoms with Gasteiger partial charge in [-0.05, 0) is 58.3 Å². The smallest absolute Gasteiger partial charge is 0.410 e. The molecule has 3 heterocycles. The first-order valence-electron chi connectivity index (χ1n) is 12.1. The molecule has 1 amide bonds. The van der Waals surface area contributed by atoms with E-state index in [4.69, 9.17) is 9.47 Å². The highest BCUT2D eigenvalue weighted by Gasteiger charge is 2.29. The molecule has 0 aromatic rings. The molecule has 3 saturated heterocycles. The summed E-state index contributed by atoms with van der Waals surface area (Å²) in [5.74, 6) is 2.24. The van der Waals surface area contributed by atoms with E-state index in [-0.39, 0.29) is 30.1 Å². The lowest BCUT2D eigenvalue weighted by Gasteiger charge is -2.34. The third kappa shape index (κ3) is 8.85. The summed E-state index contributed by atoms with van der Waals surface area (Å²) in [4.78, 5) is 23.7. The van der Waals surface area contributed by atoms with Crippen molar-refractivity contribution in [2.24, 2.45) is 16.8 Å². The lowest BCUT2D eigenvalue weighted by molar-refractivity contribution is 0.0162. The maximum Gasteiger partial charge on any atom is 0.410 e. The summed E-state index contributed by atoms with van der Waals surface area (Å²) in [6, 6.07) is 0. The summed E-state index contributed by atoms with van der Waals surface area (Å²) in [6.45, 7) is 15.4. The second-order valence-electron chi connectivity index (χ2n) is 10.2. The Balaban J connectivity index is 0.00000363. The number of nitrogens with one attached hydrogen (secondary N) is 1. The van der Waals surface area contributed by atoms with Gasteiger partial charge < -0.3 is 24.6 Å². The molecule has 186 valence electrons. The molecule has 2 atom stereocenters. The molecule has 0 bridgehead atoms. The molecule has 8 nitrogen and oxygen atoms in total. The van der Waals surface area contributed by atoms with Crippen LogP contribution in [0, 0.1) is 11.8 Å². The van der Waals surface area contributed by atoms with E-state index >= 15 is 0 Å². The molecule has 0 radical (unpaired) electrons. The minimum absolute atomic E-state index is 0. The number of aliphatic imine (C=N–C) groups is 1. The molecule has 3 fully saturated rings. The SMILES string of the molecule is CN=C(NCCC1CCCN(C(=O)OC(C)(C)C)C1)N1CCC(CN2CCOCC2)C1.I. The van der Waals surface area contributed by atoms with E-state index in [1.165, 1.54) is 19.4 Å². The van der Waals surface area contributed by atoms with Crippen molar-refractivity contribution in [2.45, 2.75) is 52.1 Å². The predicted octanol–water partition coefficient (Wildman–Crippen LogP) is 2.87. The molecule has 2 unspecified atom stereocenters. The zero-order chi connectivity index (χ0) is 22.3. The number of hydrogen-bond donors (Lipinski definition) is 1. The van der Waals surface area contributed by atoms with Gasteiger partial charge in [0.05, 0.1) is 13.2 Å². The van der Waals surface area contributed by atoms with Crippen molar-refractivity contribution >= 4 is 36.0 Å². The van der Waals surface area contributed by atoms with E-state index in [0.717, 1.165) is 77.8 Å². The first-order valence-corrected chi connectivity index (χ1v) is 12.1. The third-order valence-electron chi connectivity index (χ3n) is 6.42. The van der Waals surface area contributed by atoms with E-state index in [2.05, 4.69) is 20.1 Å². The van der Waals surface area contributed by atoms with Crippen LogP contribution < -0.4 is 5.32 Å². The number of guanidine groups is 1. The summed E-state index contributed by atoms with van der Waals surface area (Å²) < 4.78 is 11.0. The lowest BCUT2D eigenvalue weighted by Crippen LogP contribution is -2.45. The topological polar surface area (TPSA) is 69.6 Å². The Bertz CT molecular complexity index is 607. The summed E-state index contributed by atoms with van der Waals surface area (Å²) >= 11 is 0. The fraction of sp³-hybridized carbons (Fsp3) is 0.913. The van der Waals surface area contributed by atoms with Gasteiger partial charge in [-0.1, -0.05) is 0 Å². The maximum absolute atomic E-state index is 12.4. The number of hydrogen-bond acceptors (Lipinski definition) is 5. The van der Waals surface area contributed by atoms with Crippen molar-refractivity contribution in [1.29, 1.82) is 0 Å². The van der Waals surface area contributed by atoms with Crippen molar-refractivity contribution in [3.8, 4) is 0 Å². The van der Waals surface area contributed by atoms with Gasteiger partial charge in [-0.2, -0.15) is 0 Å². The van der Waals surface area contributed by atoms with Gasteiger partial charge in [-0.3, -0.25) is 9.89 Å². The fourth-order valence-electron chi connectivity index (χ4n) is 4.84. The minimum atomic E-state index is -0.437. The molecule has 3 rings (SSSR count). The van der Waals surface area contributed by atoms with Crippen molar-refractivity contribution in [3.63, 3.8) is 0 Å². The molecule has 0 aromatic carbocycles. The van der Waals surface area contributed by atoms with Gasteiger partial charge >= 0.3 is 6.09 Å². The van der Waals surface area contributed by atoms with Crippen LogP contribution in [-0.2, 0) is 9.47 Å². The van der Waals surface area contributed by atoms with Gasteiger partial charge in [-0.25, -0.2) is 4.79 Å². The minimum Gasteiger partial charge on any atom is -0.444 e. The Morgan fingerprint density at radius 2 is 1.78 bits per heavy atom. The molecule has 0 saturated carbocycles. The zero-order valence-electron chi connectivity index (χ0n) is 20.5. The molecule has 0 aromatic heterocycles. The van der Waals surface area contributed by atoms with E-state index in [1.54, 1.807) is 0 Å². The highest BCUT2D eigenvalue weighted by Crippen LogP contribution is 2.22. The van der Waals surface area contributed by atoms with Crippen LogP contribution in [0.1, 0.15) is 46.5 Å². The van der Waals surface area contributed by atoms with E-state index in [9.17, 15) is 4.79 Å². The second-order valence-corrected chi connectivity index (χ2v) is 10.2. The average Bonchev–Trinajstić information content (AvgIpc) is 3.19. The Kier molecular flexibility index (Phi) is 11.3. The summed E-state index contributed by atoms with van der Waals surface area (Å²) in [6.07, 6.45) is 4.32. The number of carbonyl (C=O) groups is 1. The predicted molar refractivity (Wildman–Crippen MR) is 139 cm³/mol. The van der Waals surface area contributed by atoms with Gasteiger partial charge in [0.2, 0.25) is 0 Å². The standard InChI is InChI=1S/C23H43N5O3.HI/c1-23(2,3)31-22(29)28-10-5-6-19(17-28)7-9-25-21(24-4)27-11-8-20(18-27)16-26-12-14-30-15-13-26;/h19-20H,5-18H2,1-4H3,(H,24,25);1H. The summed E-state index contributed by atoms with van der Waals surface area (Å²) in [5.41, 5.74) is -0.437. The monoisotopic (exact) mass is 565 g/mol. The number of rotatable bonds is 5. The van der Waals surface area contributed by atoms with E-state index in [1.807, 2.05) is 32.7 Å². The average molecular weight is 566 g/mol. The van der Waals surface area contributed by atoms with Crippen LogP contribution >= 0.6 is 24.0 Å². The van der Waals surface area contributed by atoms with Crippen molar-refractivity contribution in [3.05, 3.63) is 0 Å². The van der Waals surface area contributed by atoms with Gasteiger partial charge in [0, 0.05) is 59.4 Å². The number of likely N-dealkylation sites (tertiary alicyclic amines) is 2. The largest absolute Gasteiger partial charge is 0.444 e. The van der Waals surface area contributed by atoms with E-state index < -0.39 is 5.60 Å². The van der Waals surface area contributed by atoms with Gasteiger partial charge in [0.15, 0.2) is 5.96 Å². The molecule has 1 N–H and O–H groups in total. The first kappa shape index (κ1) is 27.4. The molecular weight excluding hydrogens is 521 g/mol. The Labute approximate surface area is 211 Å². The van der Waals surface area contributed by atoms with Crippen LogP contribution in [0.2, 0.25) is 0 Å². The molecule has 3 aliphatic rings. The molecular formula is C23H44IN5O3. The van der Waals surface area contributed by atoms with Crippen molar-refractivity contribution in [2.75, 3.05) is 72.6 Å².